The van der Waals surface area contributed by atoms with Crippen molar-refractivity contribution in [2.75, 3.05) is 6.54 Å². The van der Waals surface area contributed by atoms with Crippen molar-refractivity contribution in [1.29, 1.82) is 0 Å². The fourth-order valence-electron chi connectivity index (χ4n) is 4.20. The summed E-state index contributed by atoms with van der Waals surface area (Å²) in [4.78, 5) is 2.82. The van der Waals surface area contributed by atoms with E-state index in [9.17, 15) is 0 Å². The van der Waals surface area contributed by atoms with Crippen molar-refractivity contribution in [2.24, 2.45) is 11.7 Å². The van der Waals surface area contributed by atoms with Gasteiger partial charge in [0.1, 0.15) is 0 Å². The van der Waals surface area contributed by atoms with Gasteiger partial charge in [-0.3, -0.25) is 4.90 Å². The summed E-state index contributed by atoms with van der Waals surface area (Å²) >= 11 is 0. The molecule has 0 aromatic heterocycles. The van der Waals surface area contributed by atoms with E-state index in [4.69, 9.17) is 5.73 Å². The summed E-state index contributed by atoms with van der Waals surface area (Å²) in [5.74, 6) is 0.929. The Labute approximate surface area is 107 Å². The third-order valence-corrected chi connectivity index (χ3v) is 5.14. The maximum absolute atomic E-state index is 6.01. The van der Waals surface area contributed by atoms with Crippen molar-refractivity contribution in [2.45, 2.75) is 83.3 Å². The van der Waals surface area contributed by atoms with Gasteiger partial charge in [0, 0.05) is 24.7 Å². The van der Waals surface area contributed by atoms with Crippen LogP contribution in [0.1, 0.15) is 65.2 Å². The fraction of sp³-hybridized carbons (Fsp3) is 1.00. The molecule has 0 aromatic carbocycles. The SMILES string of the molecule is CCC1CCCCC1N1C(C)CCCC1CN. The molecular formula is C15H30N2. The van der Waals surface area contributed by atoms with Crippen LogP contribution in [0.3, 0.4) is 0 Å². The van der Waals surface area contributed by atoms with Gasteiger partial charge in [-0.25, -0.2) is 0 Å². The highest BCUT2D eigenvalue weighted by Gasteiger charge is 2.36. The van der Waals surface area contributed by atoms with E-state index < -0.39 is 0 Å². The van der Waals surface area contributed by atoms with Crippen molar-refractivity contribution in [3.8, 4) is 0 Å². The van der Waals surface area contributed by atoms with Gasteiger partial charge in [0.2, 0.25) is 0 Å². The lowest BCUT2D eigenvalue weighted by Gasteiger charge is -2.49. The molecule has 2 aliphatic rings. The lowest BCUT2D eigenvalue weighted by atomic mass is 9.79. The zero-order chi connectivity index (χ0) is 12.3. The summed E-state index contributed by atoms with van der Waals surface area (Å²) in [6.45, 7) is 5.65. The van der Waals surface area contributed by atoms with Gasteiger partial charge >= 0.3 is 0 Å². The molecule has 17 heavy (non-hydrogen) atoms. The average Bonchev–Trinajstić information content (AvgIpc) is 2.38. The molecule has 0 radical (unpaired) electrons. The molecule has 2 fully saturated rings. The van der Waals surface area contributed by atoms with Crippen LogP contribution in [-0.4, -0.2) is 29.6 Å². The smallest absolute Gasteiger partial charge is 0.0224 e. The molecule has 1 heterocycles. The van der Waals surface area contributed by atoms with Crippen molar-refractivity contribution < 1.29 is 0 Å². The van der Waals surface area contributed by atoms with Gasteiger partial charge in [-0.2, -0.15) is 0 Å². The van der Waals surface area contributed by atoms with Crippen LogP contribution < -0.4 is 5.73 Å². The average molecular weight is 238 g/mol. The minimum Gasteiger partial charge on any atom is -0.329 e. The Morgan fingerprint density at radius 3 is 2.53 bits per heavy atom. The predicted octanol–water partition coefficient (Wildman–Crippen LogP) is 3.16. The molecule has 0 spiro atoms. The topological polar surface area (TPSA) is 29.3 Å². The summed E-state index contributed by atoms with van der Waals surface area (Å²) in [6, 6.07) is 2.25. The zero-order valence-corrected chi connectivity index (χ0v) is 11.7. The molecule has 1 aliphatic carbocycles. The molecule has 2 nitrogen and oxygen atoms in total. The monoisotopic (exact) mass is 238 g/mol. The number of hydrogen-bond donors (Lipinski definition) is 1. The van der Waals surface area contributed by atoms with Crippen LogP contribution in [0.15, 0.2) is 0 Å². The summed E-state index contributed by atoms with van der Waals surface area (Å²) in [7, 11) is 0. The Morgan fingerprint density at radius 1 is 1.06 bits per heavy atom. The van der Waals surface area contributed by atoms with Gasteiger partial charge < -0.3 is 5.73 Å². The highest BCUT2D eigenvalue weighted by atomic mass is 15.2. The summed E-state index contributed by atoms with van der Waals surface area (Å²) < 4.78 is 0. The van der Waals surface area contributed by atoms with E-state index >= 15 is 0 Å². The minimum atomic E-state index is 0.663. The number of piperidine rings is 1. The Hall–Kier alpha value is -0.0800. The van der Waals surface area contributed by atoms with Crippen LogP contribution in [0, 0.1) is 5.92 Å². The van der Waals surface area contributed by atoms with E-state index in [1.165, 1.54) is 51.4 Å². The number of likely N-dealkylation sites (tertiary alicyclic amines) is 1. The van der Waals surface area contributed by atoms with Crippen LogP contribution in [0.4, 0.5) is 0 Å². The van der Waals surface area contributed by atoms with Crippen LogP contribution in [-0.2, 0) is 0 Å². The Kier molecular flexibility index (Phi) is 4.87. The van der Waals surface area contributed by atoms with E-state index in [0.29, 0.717) is 6.04 Å². The second-order valence-corrected chi connectivity index (χ2v) is 6.14. The second-order valence-electron chi connectivity index (χ2n) is 6.14. The molecule has 0 aromatic rings. The molecule has 1 aliphatic heterocycles. The summed E-state index contributed by atoms with van der Waals surface area (Å²) in [6.07, 6.45) is 11.2. The van der Waals surface area contributed by atoms with Crippen LogP contribution in [0.5, 0.6) is 0 Å². The normalized spacial score (nSPS) is 40.4. The lowest BCUT2D eigenvalue weighted by Crippen LogP contribution is -2.56. The van der Waals surface area contributed by atoms with Gasteiger partial charge in [-0.1, -0.05) is 32.6 Å². The highest BCUT2D eigenvalue weighted by molar-refractivity contribution is 4.92. The Bertz CT molecular complexity index is 229. The molecule has 0 amide bonds. The van der Waals surface area contributed by atoms with E-state index in [1.807, 2.05) is 0 Å². The van der Waals surface area contributed by atoms with Crippen molar-refractivity contribution in [1.82, 2.24) is 4.90 Å². The molecule has 2 rings (SSSR count). The first-order valence-electron chi connectivity index (χ1n) is 7.75. The van der Waals surface area contributed by atoms with Crippen LogP contribution in [0.2, 0.25) is 0 Å². The molecule has 2 N–H and O–H groups in total. The molecule has 4 unspecified atom stereocenters. The Morgan fingerprint density at radius 2 is 1.82 bits per heavy atom. The highest BCUT2D eigenvalue weighted by Crippen LogP contribution is 2.36. The van der Waals surface area contributed by atoms with E-state index in [1.54, 1.807) is 0 Å². The summed E-state index contributed by atoms with van der Waals surface area (Å²) in [5, 5.41) is 0. The standard InChI is InChI=1S/C15H30N2/c1-3-13-8-4-5-10-15(13)17-12(2)7-6-9-14(17)11-16/h12-15H,3-11,16H2,1-2H3. The molecule has 100 valence electrons. The minimum absolute atomic E-state index is 0.663. The van der Waals surface area contributed by atoms with Gasteiger partial charge in [-0.05, 0) is 38.5 Å². The fourth-order valence-corrected chi connectivity index (χ4v) is 4.20. The van der Waals surface area contributed by atoms with Crippen molar-refractivity contribution in [3.05, 3.63) is 0 Å². The second kappa shape index (κ2) is 6.19. The first-order chi connectivity index (χ1) is 8.27. The number of rotatable bonds is 3. The van der Waals surface area contributed by atoms with Gasteiger partial charge in [0.25, 0.3) is 0 Å². The summed E-state index contributed by atoms with van der Waals surface area (Å²) in [5.41, 5.74) is 6.01. The lowest BCUT2D eigenvalue weighted by molar-refractivity contribution is 0.00372. The molecule has 1 saturated carbocycles. The number of nitrogens with two attached hydrogens (primary N) is 1. The quantitative estimate of drug-likeness (QED) is 0.818. The third kappa shape index (κ3) is 2.85. The van der Waals surface area contributed by atoms with Crippen molar-refractivity contribution >= 4 is 0 Å². The van der Waals surface area contributed by atoms with Gasteiger partial charge in [-0.15, -0.1) is 0 Å². The Balaban J connectivity index is 2.09. The first-order valence-corrected chi connectivity index (χ1v) is 7.75. The molecule has 1 saturated heterocycles. The molecule has 0 bridgehead atoms. The maximum atomic E-state index is 6.01. The maximum Gasteiger partial charge on any atom is 0.0224 e. The van der Waals surface area contributed by atoms with Gasteiger partial charge in [0.05, 0.1) is 0 Å². The number of hydrogen-bond acceptors (Lipinski definition) is 2. The van der Waals surface area contributed by atoms with E-state index in [2.05, 4.69) is 18.7 Å². The molecule has 4 atom stereocenters. The van der Waals surface area contributed by atoms with Crippen LogP contribution >= 0.6 is 0 Å². The van der Waals surface area contributed by atoms with E-state index in [-0.39, 0.29) is 0 Å². The third-order valence-electron chi connectivity index (χ3n) is 5.14. The molecular weight excluding hydrogens is 208 g/mol. The first kappa shape index (κ1) is 13.4. The zero-order valence-electron chi connectivity index (χ0n) is 11.7. The van der Waals surface area contributed by atoms with E-state index in [0.717, 1.165) is 24.5 Å². The molecule has 2 heteroatoms. The predicted molar refractivity (Wildman–Crippen MR) is 74.0 cm³/mol. The number of nitrogens with zero attached hydrogens (tertiary/aromatic N) is 1. The van der Waals surface area contributed by atoms with Crippen LogP contribution in [0.25, 0.3) is 0 Å². The van der Waals surface area contributed by atoms with Gasteiger partial charge in [0.15, 0.2) is 0 Å². The van der Waals surface area contributed by atoms with Crippen molar-refractivity contribution in [3.63, 3.8) is 0 Å². The largest absolute Gasteiger partial charge is 0.329 e.